The number of non-ortho nitro benzene ring substituents is 2. The fourth-order valence-electron chi connectivity index (χ4n) is 3.51. The first-order valence-electron chi connectivity index (χ1n) is 10.0. The van der Waals surface area contributed by atoms with Gasteiger partial charge in [0.15, 0.2) is 0 Å². The molecule has 0 spiro atoms. The van der Waals surface area contributed by atoms with Crippen molar-refractivity contribution in [3.05, 3.63) is 97.8 Å². The molecule has 0 fully saturated rings. The van der Waals surface area contributed by atoms with Crippen LogP contribution >= 0.6 is 0 Å². The number of imidazole rings is 1. The Morgan fingerprint density at radius 3 is 2.11 bits per heavy atom. The number of anilines is 1. The van der Waals surface area contributed by atoms with Crippen molar-refractivity contribution in [2.24, 2.45) is 0 Å². The summed E-state index contributed by atoms with van der Waals surface area (Å²) in [6, 6.07) is 11.8. The lowest BCUT2D eigenvalue weighted by molar-refractivity contribution is -0.394. The monoisotopic (exact) mass is 501 g/mol. The molecule has 0 unspecified atom stereocenters. The fourth-order valence-corrected chi connectivity index (χ4v) is 3.51. The number of carbonyl (C=O) groups is 1. The van der Waals surface area contributed by atoms with Crippen LogP contribution in [0.2, 0.25) is 0 Å². The van der Waals surface area contributed by atoms with E-state index in [1.165, 1.54) is 42.5 Å². The maximum Gasteiger partial charge on any atom is 0.450 e. The third-order valence-electron chi connectivity index (χ3n) is 5.12. The molecule has 0 aliphatic heterocycles. The lowest BCUT2D eigenvalue weighted by atomic mass is 10.1. The highest BCUT2D eigenvalue weighted by Gasteiger charge is 2.38. The normalized spacial score (nSPS) is 11.4. The Hall–Kier alpha value is -4.85. The van der Waals surface area contributed by atoms with Crippen molar-refractivity contribution in [3.8, 4) is 5.69 Å². The van der Waals surface area contributed by atoms with Gasteiger partial charge in [0, 0.05) is 23.5 Å². The number of aliphatic hydroxyl groups excluding tert-OH is 1. The average Bonchev–Trinajstić information content (AvgIpc) is 3.23. The number of nitro groups is 2. The standard InChI is InChI=1S/C22H14F3N5O6/c23-22(24,25)21-27-18-7-12(11-31)1-6-19(18)28(21)15-4-2-14(3-5-15)26-20(32)13-8-16(29(33)34)10-17(9-13)30(35)36/h1-10,31H,11H2,(H,26,32). The molecule has 11 nitrogen and oxygen atoms in total. The third-order valence-corrected chi connectivity index (χ3v) is 5.12. The van der Waals surface area contributed by atoms with Crippen LogP contribution in [0.15, 0.2) is 60.7 Å². The summed E-state index contributed by atoms with van der Waals surface area (Å²) in [4.78, 5) is 36.5. The highest BCUT2D eigenvalue weighted by atomic mass is 19.4. The Morgan fingerprint density at radius 2 is 1.58 bits per heavy atom. The Morgan fingerprint density at radius 1 is 0.972 bits per heavy atom. The lowest BCUT2D eigenvalue weighted by Crippen LogP contribution is -2.14. The molecule has 0 aliphatic carbocycles. The predicted molar refractivity (Wildman–Crippen MR) is 120 cm³/mol. The minimum absolute atomic E-state index is 0.0264. The summed E-state index contributed by atoms with van der Waals surface area (Å²) >= 11 is 0. The summed E-state index contributed by atoms with van der Waals surface area (Å²) in [5.41, 5.74) is -0.899. The fraction of sp³-hybridized carbons (Fsp3) is 0.0909. The molecule has 0 atom stereocenters. The zero-order chi connectivity index (χ0) is 26.2. The highest BCUT2D eigenvalue weighted by Crippen LogP contribution is 2.34. The van der Waals surface area contributed by atoms with E-state index in [2.05, 4.69) is 10.3 Å². The van der Waals surface area contributed by atoms with Crippen LogP contribution in [0.5, 0.6) is 0 Å². The zero-order valence-electron chi connectivity index (χ0n) is 17.9. The van der Waals surface area contributed by atoms with Crippen LogP contribution < -0.4 is 5.32 Å². The molecule has 0 saturated heterocycles. The number of hydrogen-bond acceptors (Lipinski definition) is 7. The van der Waals surface area contributed by atoms with E-state index in [-0.39, 0.29) is 34.6 Å². The second-order valence-electron chi connectivity index (χ2n) is 7.50. The van der Waals surface area contributed by atoms with E-state index in [0.717, 1.165) is 16.7 Å². The van der Waals surface area contributed by atoms with Gasteiger partial charge in [0.2, 0.25) is 5.82 Å². The first kappa shape index (κ1) is 24.3. The molecule has 2 N–H and O–H groups in total. The molecule has 0 aliphatic rings. The number of nitrogens with zero attached hydrogens (tertiary/aromatic N) is 4. The van der Waals surface area contributed by atoms with Gasteiger partial charge in [-0.1, -0.05) is 6.07 Å². The molecule has 3 aromatic carbocycles. The number of aliphatic hydroxyl groups is 1. The van der Waals surface area contributed by atoms with Crippen molar-refractivity contribution in [2.75, 3.05) is 5.32 Å². The van der Waals surface area contributed by atoms with E-state index >= 15 is 0 Å². The second kappa shape index (κ2) is 9.07. The summed E-state index contributed by atoms with van der Waals surface area (Å²) in [7, 11) is 0. The van der Waals surface area contributed by atoms with Gasteiger partial charge in [-0.15, -0.1) is 0 Å². The zero-order valence-corrected chi connectivity index (χ0v) is 17.9. The molecule has 4 aromatic rings. The Kier molecular flexibility index (Phi) is 6.12. The first-order chi connectivity index (χ1) is 17.0. The van der Waals surface area contributed by atoms with E-state index in [4.69, 9.17) is 0 Å². The van der Waals surface area contributed by atoms with Gasteiger partial charge in [0.1, 0.15) is 0 Å². The van der Waals surface area contributed by atoms with Gasteiger partial charge in [-0.3, -0.25) is 29.6 Å². The van der Waals surface area contributed by atoms with E-state index in [0.29, 0.717) is 11.6 Å². The Labute approximate surface area is 198 Å². The summed E-state index contributed by atoms with van der Waals surface area (Å²) in [6.45, 7) is -0.369. The molecule has 184 valence electrons. The van der Waals surface area contributed by atoms with Crippen molar-refractivity contribution < 1.29 is 32.9 Å². The molecule has 4 rings (SSSR count). The van der Waals surface area contributed by atoms with Crippen LogP contribution in [-0.4, -0.2) is 30.4 Å². The number of carbonyl (C=O) groups excluding carboxylic acids is 1. The molecule has 1 heterocycles. The first-order valence-corrected chi connectivity index (χ1v) is 10.0. The summed E-state index contributed by atoms with van der Waals surface area (Å²) in [5.74, 6) is -2.08. The second-order valence-corrected chi connectivity index (χ2v) is 7.50. The summed E-state index contributed by atoms with van der Waals surface area (Å²) < 4.78 is 41.9. The van der Waals surface area contributed by atoms with Crippen molar-refractivity contribution >= 4 is 34.0 Å². The quantitative estimate of drug-likeness (QED) is 0.289. The van der Waals surface area contributed by atoms with E-state index in [1.807, 2.05) is 0 Å². The van der Waals surface area contributed by atoms with Gasteiger partial charge in [-0.2, -0.15) is 13.2 Å². The van der Waals surface area contributed by atoms with Gasteiger partial charge in [0.25, 0.3) is 17.3 Å². The SMILES string of the molecule is O=C(Nc1ccc(-n2c(C(F)(F)F)nc3cc(CO)ccc32)cc1)c1cc([N+](=O)[O-])cc([N+](=O)[O-])c1. The molecule has 0 saturated carbocycles. The largest absolute Gasteiger partial charge is 0.450 e. The third kappa shape index (κ3) is 4.69. The van der Waals surface area contributed by atoms with Gasteiger partial charge in [-0.25, -0.2) is 4.98 Å². The molecule has 36 heavy (non-hydrogen) atoms. The minimum atomic E-state index is -4.79. The number of halogens is 3. The Balaban J connectivity index is 1.68. The Bertz CT molecular complexity index is 1480. The topological polar surface area (TPSA) is 153 Å². The van der Waals surface area contributed by atoms with Gasteiger partial charge >= 0.3 is 6.18 Å². The van der Waals surface area contributed by atoms with Gasteiger partial charge < -0.3 is 10.4 Å². The number of benzene rings is 3. The molecule has 1 aromatic heterocycles. The van der Waals surface area contributed by atoms with E-state index in [1.54, 1.807) is 0 Å². The van der Waals surface area contributed by atoms with Crippen LogP contribution in [0.25, 0.3) is 16.7 Å². The number of nitrogens with one attached hydrogen (secondary N) is 1. The molecule has 0 radical (unpaired) electrons. The molecule has 0 bridgehead atoms. The summed E-state index contributed by atoms with van der Waals surface area (Å²) in [6.07, 6.45) is -4.79. The maximum absolute atomic E-state index is 13.7. The van der Waals surface area contributed by atoms with Gasteiger partial charge in [-0.05, 0) is 42.0 Å². The smallest absolute Gasteiger partial charge is 0.392 e. The molecular weight excluding hydrogens is 487 g/mol. The minimum Gasteiger partial charge on any atom is -0.392 e. The highest BCUT2D eigenvalue weighted by molar-refractivity contribution is 6.05. The van der Waals surface area contributed by atoms with E-state index in [9.17, 15) is 43.3 Å². The number of rotatable bonds is 6. The van der Waals surface area contributed by atoms with Crippen molar-refractivity contribution in [2.45, 2.75) is 12.8 Å². The maximum atomic E-state index is 13.7. The number of hydrogen-bond donors (Lipinski definition) is 2. The van der Waals surface area contributed by atoms with Crippen LogP contribution in [0.3, 0.4) is 0 Å². The van der Waals surface area contributed by atoms with Crippen LogP contribution in [0.1, 0.15) is 21.7 Å². The number of amides is 1. The van der Waals surface area contributed by atoms with Crippen molar-refractivity contribution in [1.29, 1.82) is 0 Å². The molecule has 1 amide bonds. The molecular formula is C22H14F3N5O6. The molecule has 14 heteroatoms. The average molecular weight is 501 g/mol. The van der Waals surface area contributed by atoms with E-state index < -0.39 is 39.1 Å². The predicted octanol–water partition coefficient (Wildman–Crippen LogP) is 4.61. The number of alkyl halides is 3. The van der Waals surface area contributed by atoms with Crippen LogP contribution in [0.4, 0.5) is 30.2 Å². The summed E-state index contributed by atoms with van der Waals surface area (Å²) in [5, 5.41) is 33.7. The lowest BCUT2D eigenvalue weighted by Gasteiger charge is -2.12. The number of aromatic nitrogens is 2. The number of nitro benzene ring substituents is 2. The van der Waals surface area contributed by atoms with Crippen LogP contribution in [0, 0.1) is 20.2 Å². The van der Waals surface area contributed by atoms with Gasteiger partial charge in [0.05, 0.1) is 39.1 Å². The van der Waals surface area contributed by atoms with Crippen molar-refractivity contribution in [1.82, 2.24) is 9.55 Å². The van der Waals surface area contributed by atoms with Crippen LogP contribution in [-0.2, 0) is 12.8 Å². The number of fused-ring (bicyclic) bond motifs is 1. The van der Waals surface area contributed by atoms with Crippen molar-refractivity contribution in [3.63, 3.8) is 0 Å².